The maximum atomic E-state index is 9.70. The highest BCUT2D eigenvalue weighted by atomic mass is 35.5. The van der Waals surface area contributed by atoms with Crippen LogP contribution in [-0.4, -0.2) is 41.8 Å². The second-order valence-corrected chi connectivity index (χ2v) is 4.81. The van der Waals surface area contributed by atoms with Gasteiger partial charge in [-0.3, -0.25) is 4.68 Å². The van der Waals surface area contributed by atoms with Crippen molar-refractivity contribution in [2.75, 3.05) is 20.8 Å². The summed E-state index contributed by atoms with van der Waals surface area (Å²) in [4.78, 5) is 0. The van der Waals surface area contributed by atoms with Crippen molar-refractivity contribution < 1.29 is 14.6 Å². The number of ether oxygens (including phenoxy) is 2. The molecular weight excluding hydrogens is 280 g/mol. The van der Waals surface area contributed by atoms with Crippen LogP contribution in [0.5, 0.6) is 5.75 Å². The van der Waals surface area contributed by atoms with Gasteiger partial charge in [-0.05, 0) is 24.3 Å². The van der Waals surface area contributed by atoms with Crippen molar-refractivity contribution in [3.05, 3.63) is 35.5 Å². The molecule has 0 spiro atoms. The lowest BCUT2D eigenvalue weighted by atomic mass is 10.1. The molecule has 1 aromatic carbocycles. The van der Waals surface area contributed by atoms with Crippen LogP contribution in [-0.2, 0) is 11.3 Å². The number of aliphatic hydroxyl groups excluding tert-OH is 1. The van der Waals surface area contributed by atoms with E-state index in [1.54, 1.807) is 43.3 Å². The summed E-state index contributed by atoms with van der Waals surface area (Å²) in [6.07, 6.45) is 1.21. The highest BCUT2D eigenvalue weighted by Crippen LogP contribution is 2.31. The maximum absolute atomic E-state index is 9.70. The monoisotopic (exact) mass is 296 g/mol. The number of nitrogens with zero attached hydrogens (tertiary/aromatic N) is 2. The molecule has 0 saturated carbocycles. The van der Waals surface area contributed by atoms with Gasteiger partial charge in [0, 0.05) is 23.9 Å². The van der Waals surface area contributed by atoms with E-state index in [1.165, 1.54) is 0 Å². The number of aromatic nitrogens is 2. The highest BCUT2D eigenvalue weighted by Gasteiger charge is 2.11. The normalized spacial score (nSPS) is 12.4. The van der Waals surface area contributed by atoms with Crippen LogP contribution < -0.4 is 4.74 Å². The maximum Gasteiger partial charge on any atom is 0.128 e. The molecule has 0 amide bonds. The molecule has 0 saturated heterocycles. The minimum atomic E-state index is -0.589. The molecule has 1 heterocycles. The molecule has 0 bridgehead atoms. The first-order valence-corrected chi connectivity index (χ1v) is 6.56. The van der Waals surface area contributed by atoms with Crippen LogP contribution in [0, 0.1) is 0 Å². The van der Waals surface area contributed by atoms with Crippen molar-refractivity contribution in [2.24, 2.45) is 0 Å². The van der Waals surface area contributed by atoms with Gasteiger partial charge in [0.25, 0.3) is 0 Å². The molecule has 1 atom stereocenters. The summed E-state index contributed by atoms with van der Waals surface area (Å²) in [6.45, 7) is 0.645. The number of benzene rings is 1. The van der Waals surface area contributed by atoms with E-state index in [0.29, 0.717) is 17.3 Å². The summed E-state index contributed by atoms with van der Waals surface area (Å²) in [7, 11) is 3.15. The Balaban J connectivity index is 2.22. The van der Waals surface area contributed by atoms with Crippen molar-refractivity contribution in [1.29, 1.82) is 0 Å². The molecule has 1 N–H and O–H groups in total. The van der Waals surface area contributed by atoms with Gasteiger partial charge >= 0.3 is 0 Å². The zero-order valence-electron chi connectivity index (χ0n) is 11.4. The van der Waals surface area contributed by atoms with Gasteiger partial charge in [0.1, 0.15) is 5.75 Å². The average molecular weight is 297 g/mol. The van der Waals surface area contributed by atoms with E-state index < -0.39 is 6.10 Å². The van der Waals surface area contributed by atoms with Crippen LogP contribution in [0.15, 0.2) is 30.5 Å². The Morgan fingerprint density at radius 3 is 2.85 bits per heavy atom. The fraction of sp³-hybridized carbons (Fsp3) is 0.357. The zero-order chi connectivity index (χ0) is 14.5. The summed E-state index contributed by atoms with van der Waals surface area (Å²) in [5.74, 6) is 0.706. The average Bonchev–Trinajstić information content (AvgIpc) is 2.87. The molecule has 0 fully saturated rings. The lowest BCUT2D eigenvalue weighted by molar-refractivity contribution is 0.0514. The van der Waals surface area contributed by atoms with E-state index in [9.17, 15) is 5.11 Å². The van der Waals surface area contributed by atoms with Crippen molar-refractivity contribution in [2.45, 2.75) is 12.6 Å². The summed E-state index contributed by atoms with van der Waals surface area (Å²) < 4.78 is 11.9. The van der Waals surface area contributed by atoms with Crippen molar-refractivity contribution in [3.8, 4) is 17.0 Å². The largest absolute Gasteiger partial charge is 0.496 e. The Morgan fingerprint density at radius 2 is 2.15 bits per heavy atom. The Kier molecular flexibility index (Phi) is 5.00. The molecule has 108 valence electrons. The Morgan fingerprint density at radius 1 is 1.35 bits per heavy atom. The molecule has 2 rings (SSSR count). The van der Waals surface area contributed by atoms with Gasteiger partial charge in [-0.15, -0.1) is 0 Å². The van der Waals surface area contributed by atoms with E-state index >= 15 is 0 Å². The van der Waals surface area contributed by atoms with Crippen LogP contribution in [0.4, 0.5) is 0 Å². The van der Waals surface area contributed by atoms with E-state index in [1.807, 2.05) is 6.07 Å². The van der Waals surface area contributed by atoms with E-state index in [0.717, 1.165) is 11.3 Å². The van der Waals surface area contributed by atoms with Crippen molar-refractivity contribution in [1.82, 2.24) is 9.78 Å². The fourth-order valence-corrected chi connectivity index (χ4v) is 2.12. The standard InChI is InChI=1S/C14H17ClN2O3/c1-19-9-11(18)8-17-6-5-13(16-17)12-7-10(15)3-4-14(12)20-2/h3-7,11,18H,8-9H2,1-2H3. The summed E-state index contributed by atoms with van der Waals surface area (Å²) in [5, 5.41) is 14.7. The second kappa shape index (κ2) is 6.74. The molecular formula is C14H17ClN2O3. The molecule has 2 aromatic rings. The lowest BCUT2D eigenvalue weighted by Gasteiger charge is -2.09. The molecule has 20 heavy (non-hydrogen) atoms. The fourth-order valence-electron chi connectivity index (χ4n) is 1.95. The molecule has 1 unspecified atom stereocenters. The summed E-state index contributed by atoms with van der Waals surface area (Å²) in [5.41, 5.74) is 1.56. The predicted octanol–water partition coefficient (Wildman–Crippen LogP) is 2.22. The minimum Gasteiger partial charge on any atom is -0.496 e. The molecule has 5 nitrogen and oxygen atoms in total. The number of hydrogen-bond acceptors (Lipinski definition) is 4. The number of rotatable bonds is 6. The Labute approximate surface area is 122 Å². The third-order valence-corrected chi connectivity index (χ3v) is 3.07. The highest BCUT2D eigenvalue weighted by molar-refractivity contribution is 6.30. The number of hydrogen-bond donors (Lipinski definition) is 1. The quantitative estimate of drug-likeness (QED) is 0.888. The predicted molar refractivity (Wildman–Crippen MR) is 77.1 cm³/mol. The Hall–Kier alpha value is -1.56. The third-order valence-electron chi connectivity index (χ3n) is 2.84. The van der Waals surface area contributed by atoms with Crippen LogP contribution in [0.2, 0.25) is 5.02 Å². The van der Waals surface area contributed by atoms with Gasteiger partial charge in [-0.1, -0.05) is 11.6 Å². The second-order valence-electron chi connectivity index (χ2n) is 4.38. The van der Waals surface area contributed by atoms with E-state index in [-0.39, 0.29) is 6.61 Å². The minimum absolute atomic E-state index is 0.273. The van der Waals surface area contributed by atoms with Gasteiger partial charge in [0.2, 0.25) is 0 Å². The first-order valence-electron chi connectivity index (χ1n) is 6.18. The van der Waals surface area contributed by atoms with Gasteiger partial charge in [-0.25, -0.2) is 0 Å². The molecule has 0 aliphatic heterocycles. The van der Waals surface area contributed by atoms with Crippen LogP contribution in [0.25, 0.3) is 11.3 Å². The molecule has 0 radical (unpaired) electrons. The number of methoxy groups -OCH3 is 2. The van der Waals surface area contributed by atoms with Gasteiger partial charge in [0.05, 0.1) is 32.1 Å². The number of halogens is 1. The van der Waals surface area contributed by atoms with Gasteiger partial charge in [0.15, 0.2) is 0 Å². The van der Waals surface area contributed by atoms with Gasteiger partial charge in [-0.2, -0.15) is 5.10 Å². The first kappa shape index (κ1) is 14.8. The van der Waals surface area contributed by atoms with Crippen molar-refractivity contribution in [3.63, 3.8) is 0 Å². The Bertz CT molecular complexity index is 571. The van der Waals surface area contributed by atoms with Crippen LogP contribution in [0.3, 0.4) is 0 Å². The summed E-state index contributed by atoms with van der Waals surface area (Å²) >= 11 is 6.01. The SMILES string of the molecule is COCC(O)Cn1ccc(-c2cc(Cl)ccc2OC)n1. The topological polar surface area (TPSA) is 56.5 Å². The summed E-state index contributed by atoms with van der Waals surface area (Å²) in [6, 6.07) is 7.23. The van der Waals surface area contributed by atoms with E-state index in [4.69, 9.17) is 21.1 Å². The van der Waals surface area contributed by atoms with Crippen LogP contribution in [0.1, 0.15) is 0 Å². The third kappa shape index (κ3) is 3.50. The lowest BCUT2D eigenvalue weighted by Crippen LogP contribution is -2.21. The van der Waals surface area contributed by atoms with Crippen molar-refractivity contribution >= 4 is 11.6 Å². The molecule has 6 heteroatoms. The van der Waals surface area contributed by atoms with Crippen LogP contribution >= 0.6 is 11.6 Å². The van der Waals surface area contributed by atoms with Gasteiger partial charge < -0.3 is 14.6 Å². The zero-order valence-corrected chi connectivity index (χ0v) is 12.2. The smallest absolute Gasteiger partial charge is 0.128 e. The molecule has 0 aliphatic rings. The molecule has 0 aliphatic carbocycles. The molecule has 1 aromatic heterocycles. The first-order chi connectivity index (χ1) is 9.63. The van der Waals surface area contributed by atoms with E-state index in [2.05, 4.69) is 5.10 Å². The number of aliphatic hydroxyl groups is 1.